The van der Waals surface area contributed by atoms with Crippen LogP contribution in [0.25, 0.3) is 0 Å². The quantitative estimate of drug-likeness (QED) is 0.772. The number of halogens is 1. The lowest BCUT2D eigenvalue weighted by Crippen LogP contribution is -2.45. The Labute approximate surface area is 160 Å². The Morgan fingerprint density at radius 1 is 1.26 bits per heavy atom. The van der Waals surface area contributed by atoms with E-state index in [1.807, 2.05) is 17.5 Å². The summed E-state index contributed by atoms with van der Waals surface area (Å²) >= 11 is 1.49. The van der Waals surface area contributed by atoms with Crippen LogP contribution in [0.1, 0.15) is 25.1 Å². The molecule has 0 saturated carbocycles. The predicted molar refractivity (Wildman–Crippen MR) is 101 cm³/mol. The van der Waals surface area contributed by atoms with Crippen molar-refractivity contribution in [2.75, 3.05) is 11.4 Å². The van der Waals surface area contributed by atoms with Gasteiger partial charge < -0.3 is 10.2 Å². The maximum Gasteiger partial charge on any atom is 0.325 e. The van der Waals surface area contributed by atoms with Gasteiger partial charge in [0.05, 0.1) is 6.54 Å². The van der Waals surface area contributed by atoms with Gasteiger partial charge in [-0.25, -0.2) is 9.18 Å². The topological polar surface area (TPSA) is 69.7 Å². The molecule has 1 saturated heterocycles. The zero-order valence-electron chi connectivity index (χ0n) is 15.1. The van der Waals surface area contributed by atoms with E-state index >= 15 is 0 Å². The highest BCUT2D eigenvalue weighted by molar-refractivity contribution is 7.09. The van der Waals surface area contributed by atoms with Gasteiger partial charge in [0, 0.05) is 10.6 Å². The van der Waals surface area contributed by atoms with Gasteiger partial charge in [0.2, 0.25) is 5.91 Å². The van der Waals surface area contributed by atoms with Crippen molar-refractivity contribution in [1.82, 2.24) is 10.2 Å². The maximum atomic E-state index is 13.3. The van der Waals surface area contributed by atoms with Gasteiger partial charge in [-0.2, -0.15) is 0 Å². The monoisotopic (exact) mass is 389 g/mol. The molecule has 1 aromatic heterocycles. The number of hydrogen-bond acceptors (Lipinski definition) is 4. The maximum absolute atomic E-state index is 13.3. The molecule has 1 aromatic carbocycles. The lowest BCUT2D eigenvalue weighted by atomic mass is 9.99. The van der Waals surface area contributed by atoms with Gasteiger partial charge in [0.1, 0.15) is 17.9 Å². The molecule has 0 spiro atoms. The van der Waals surface area contributed by atoms with E-state index in [1.165, 1.54) is 40.5 Å². The average Bonchev–Trinajstić information content (AvgIpc) is 3.23. The van der Waals surface area contributed by atoms with Gasteiger partial charge in [0.25, 0.3) is 5.91 Å². The molecular formula is C19H20FN3O3S. The first kappa shape index (κ1) is 19.0. The molecule has 27 heavy (non-hydrogen) atoms. The van der Waals surface area contributed by atoms with Gasteiger partial charge in [-0.1, -0.05) is 13.0 Å². The summed E-state index contributed by atoms with van der Waals surface area (Å²) in [7, 11) is 0. The van der Waals surface area contributed by atoms with Crippen LogP contribution in [-0.4, -0.2) is 34.8 Å². The van der Waals surface area contributed by atoms with E-state index in [-0.39, 0.29) is 13.1 Å². The Morgan fingerprint density at radius 3 is 2.52 bits per heavy atom. The number of rotatable bonds is 6. The Hall–Kier alpha value is -2.74. The first-order chi connectivity index (χ1) is 12.8. The molecule has 1 aliphatic rings. The zero-order chi connectivity index (χ0) is 19.6. The minimum absolute atomic E-state index is 0.275. The number of anilines is 1. The standard InChI is InChI=1S/C19H20FN3O3S/c1-3-19(2)17(25)23(18(26)21-19)12-16(24)22(11-15-5-4-10-27-15)14-8-6-13(20)7-9-14/h4-10H,3,11-12H2,1-2H3,(H,21,26)/t19-/m1/s1. The number of thiophene rings is 1. The molecule has 0 aliphatic carbocycles. The van der Waals surface area contributed by atoms with Crippen molar-refractivity contribution in [3.8, 4) is 0 Å². The van der Waals surface area contributed by atoms with Gasteiger partial charge in [0.15, 0.2) is 0 Å². The van der Waals surface area contributed by atoms with Crippen LogP contribution in [0.4, 0.5) is 14.9 Å². The van der Waals surface area contributed by atoms with E-state index in [0.29, 0.717) is 12.1 Å². The van der Waals surface area contributed by atoms with Gasteiger partial charge in [-0.05, 0) is 49.1 Å². The highest BCUT2D eigenvalue weighted by atomic mass is 32.1. The SMILES string of the molecule is CC[C@@]1(C)NC(=O)N(CC(=O)N(Cc2cccs2)c2ccc(F)cc2)C1=O. The summed E-state index contributed by atoms with van der Waals surface area (Å²) in [6.45, 7) is 3.34. The van der Waals surface area contributed by atoms with Crippen LogP contribution in [-0.2, 0) is 16.1 Å². The molecule has 6 nitrogen and oxygen atoms in total. The fourth-order valence-electron chi connectivity index (χ4n) is 2.85. The Morgan fingerprint density at radius 2 is 1.96 bits per heavy atom. The molecule has 142 valence electrons. The van der Waals surface area contributed by atoms with Gasteiger partial charge in [-0.15, -0.1) is 11.3 Å². The number of amides is 4. The minimum Gasteiger partial charge on any atom is -0.323 e. The molecule has 8 heteroatoms. The molecule has 1 fully saturated rings. The molecule has 0 unspecified atom stereocenters. The first-order valence-electron chi connectivity index (χ1n) is 8.56. The number of imide groups is 1. The number of nitrogens with zero attached hydrogens (tertiary/aromatic N) is 2. The van der Waals surface area contributed by atoms with Gasteiger partial charge >= 0.3 is 6.03 Å². The highest BCUT2D eigenvalue weighted by Gasteiger charge is 2.47. The number of hydrogen-bond donors (Lipinski definition) is 1. The molecule has 2 heterocycles. The summed E-state index contributed by atoms with van der Waals surface area (Å²) in [5.74, 6) is -1.24. The number of carbonyl (C=O) groups excluding carboxylic acids is 3. The molecule has 4 amide bonds. The largest absolute Gasteiger partial charge is 0.325 e. The van der Waals surface area contributed by atoms with Gasteiger partial charge in [-0.3, -0.25) is 14.5 Å². The number of benzene rings is 1. The average molecular weight is 389 g/mol. The summed E-state index contributed by atoms with van der Waals surface area (Å²) in [6.07, 6.45) is 0.430. The lowest BCUT2D eigenvalue weighted by Gasteiger charge is -2.25. The van der Waals surface area contributed by atoms with Crippen LogP contribution >= 0.6 is 11.3 Å². The van der Waals surface area contributed by atoms with Crippen LogP contribution in [0.2, 0.25) is 0 Å². The smallest absolute Gasteiger partial charge is 0.323 e. The normalized spacial score (nSPS) is 19.3. The molecule has 1 atom stereocenters. The van der Waals surface area contributed by atoms with Crippen LogP contribution in [0.3, 0.4) is 0 Å². The zero-order valence-corrected chi connectivity index (χ0v) is 15.9. The minimum atomic E-state index is -0.994. The van der Waals surface area contributed by atoms with Crippen molar-refractivity contribution in [2.45, 2.75) is 32.4 Å². The van der Waals surface area contributed by atoms with Crippen LogP contribution in [0, 0.1) is 5.82 Å². The number of carbonyl (C=O) groups is 3. The fourth-order valence-corrected chi connectivity index (χ4v) is 3.55. The van der Waals surface area contributed by atoms with E-state index in [2.05, 4.69) is 5.32 Å². The number of urea groups is 1. The van der Waals surface area contributed by atoms with E-state index in [0.717, 1.165) is 9.78 Å². The van der Waals surface area contributed by atoms with Crippen molar-refractivity contribution in [3.63, 3.8) is 0 Å². The Bertz CT molecular complexity index is 854. The van der Waals surface area contributed by atoms with Crippen molar-refractivity contribution < 1.29 is 18.8 Å². The lowest BCUT2D eigenvalue weighted by molar-refractivity contribution is -0.134. The third-order valence-corrected chi connectivity index (χ3v) is 5.54. The van der Waals surface area contributed by atoms with Crippen LogP contribution < -0.4 is 10.2 Å². The van der Waals surface area contributed by atoms with E-state index in [9.17, 15) is 18.8 Å². The second-order valence-electron chi connectivity index (χ2n) is 6.54. The Kier molecular flexibility index (Phi) is 5.27. The molecule has 0 radical (unpaired) electrons. The van der Waals surface area contributed by atoms with Crippen molar-refractivity contribution in [3.05, 3.63) is 52.5 Å². The summed E-state index contributed by atoms with van der Waals surface area (Å²) in [4.78, 5) is 41.0. The molecule has 3 rings (SSSR count). The molecule has 2 aromatic rings. The first-order valence-corrected chi connectivity index (χ1v) is 9.44. The van der Waals surface area contributed by atoms with Crippen LogP contribution in [0.5, 0.6) is 0 Å². The second kappa shape index (κ2) is 7.48. The summed E-state index contributed by atoms with van der Waals surface area (Å²) in [6, 6.07) is 8.73. The molecular weight excluding hydrogens is 369 g/mol. The van der Waals surface area contributed by atoms with Crippen LogP contribution in [0.15, 0.2) is 41.8 Å². The van der Waals surface area contributed by atoms with E-state index in [4.69, 9.17) is 0 Å². The fraction of sp³-hybridized carbons (Fsp3) is 0.316. The molecule has 1 N–H and O–H groups in total. The summed E-state index contributed by atoms with van der Waals surface area (Å²) in [5.41, 5.74) is -0.494. The molecule has 0 bridgehead atoms. The second-order valence-corrected chi connectivity index (χ2v) is 7.58. The third-order valence-electron chi connectivity index (χ3n) is 4.68. The molecule has 1 aliphatic heterocycles. The third kappa shape index (κ3) is 3.85. The van der Waals surface area contributed by atoms with Crippen molar-refractivity contribution in [2.24, 2.45) is 0 Å². The van der Waals surface area contributed by atoms with E-state index < -0.39 is 29.2 Å². The summed E-state index contributed by atoms with van der Waals surface area (Å²) < 4.78 is 13.3. The number of nitrogens with one attached hydrogen (secondary N) is 1. The summed E-state index contributed by atoms with van der Waals surface area (Å²) in [5, 5.41) is 4.53. The Balaban J connectivity index is 1.84. The van der Waals surface area contributed by atoms with Crippen molar-refractivity contribution in [1.29, 1.82) is 0 Å². The highest BCUT2D eigenvalue weighted by Crippen LogP contribution is 2.24. The predicted octanol–water partition coefficient (Wildman–Crippen LogP) is 3.14. The van der Waals surface area contributed by atoms with E-state index in [1.54, 1.807) is 13.8 Å². The van der Waals surface area contributed by atoms with Crippen molar-refractivity contribution >= 4 is 34.9 Å².